The average molecular weight is 295 g/mol. The maximum Gasteiger partial charge on any atom is 0.335 e. The summed E-state index contributed by atoms with van der Waals surface area (Å²) in [6.45, 7) is 7.18. The Hall–Kier alpha value is -1.43. The molecular formula is C16H25NO4. The molecule has 1 saturated heterocycles. The summed E-state index contributed by atoms with van der Waals surface area (Å²) in [6.07, 6.45) is -0.197. The summed E-state index contributed by atoms with van der Waals surface area (Å²) in [7, 11) is 0. The van der Waals surface area contributed by atoms with E-state index in [1.165, 1.54) is 5.56 Å². The van der Waals surface area contributed by atoms with E-state index >= 15 is 0 Å². The van der Waals surface area contributed by atoms with E-state index in [-0.39, 0.29) is 12.1 Å². The van der Waals surface area contributed by atoms with Crippen molar-refractivity contribution in [1.82, 2.24) is 0 Å². The Labute approximate surface area is 126 Å². The van der Waals surface area contributed by atoms with Gasteiger partial charge in [-0.05, 0) is 32.8 Å². The van der Waals surface area contributed by atoms with Crippen LogP contribution in [0.4, 0.5) is 0 Å². The van der Waals surface area contributed by atoms with Crippen LogP contribution in [0, 0.1) is 0 Å². The summed E-state index contributed by atoms with van der Waals surface area (Å²) in [6, 6.07) is 10.4. The molecule has 2 unspecified atom stereocenters. The topological polar surface area (TPSA) is 81.8 Å². The van der Waals surface area contributed by atoms with Gasteiger partial charge in [-0.25, -0.2) is 4.79 Å². The van der Waals surface area contributed by atoms with Crippen molar-refractivity contribution in [2.45, 2.75) is 58.2 Å². The van der Waals surface area contributed by atoms with E-state index < -0.39 is 17.9 Å². The number of carbonyl (C=O) groups is 1. The van der Waals surface area contributed by atoms with Gasteiger partial charge in [0.25, 0.3) is 0 Å². The van der Waals surface area contributed by atoms with Crippen LogP contribution in [0.15, 0.2) is 30.3 Å². The van der Waals surface area contributed by atoms with Gasteiger partial charge in [-0.15, -0.1) is 0 Å². The van der Waals surface area contributed by atoms with Crippen LogP contribution in [0.3, 0.4) is 0 Å². The van der Waals surface area contributed by atoms with Crippen LogP contribution >= 0.6 is 0 Å². The van der Waals surface area contributed by atoms with E-state index in [1.807, 2.05) is 18.2 Å². The molecule has 3 atom stereocenters. The van der Waals surface area contributed by atoms with Crippen LogP contribution in [0.2, 0.25) is 0 Å². The molecule has 5 heteroatoms. The van der Waals surface area contributed by atoms with Crippen LogP contribution in [0.1, 0.15) is 45.7 Å². The van der Waals surface area contributed by atoms with E-state index in [9.17, 15) is 4.79 Å². The molecule has 0 spiro atoms. The van der Waals surface area contributed by atoms with Gasteiger partial charge in [0.1, 0.15) is 0 Å². The second-order valence-electron chi connectivity index (χ2n) is 5.52. The minimum atomic E-state index is -0.969. The molecule has 21 heavy (non-hydrogen) atoms. The summed E-state index contributed by atoms with van der Waals surface area (Å²) in [5, 5.41) is 8.61. The van der Waals surface area contributed by atoms with Crippen molar-refractivity contribution in [3.63, 3.8) is 0 Å². The largest absolute Gasteiger partial charge is 0.479 e. The van der Waals surface area contributed by atoms with E-state index in [2.05, 4.69) is 19.1 Å². The highest BCUT2D eigenvalue weighted by Crippen LogP contribution is 2.27. The van der Waals surface area contributed by atoms with Crippen LogP contribution in [-0.2, 0) is 14.3 Å². The first-order valence-corrected chi connectivity index (χ1v) is 7.15. The summed E-state index contributed by atoms with van der Waals surface area (Å²) in [4.78, 5) is 10.5. The fourth-order valence-electron chi connectivity index (χ4n) is 2.13. The Morgan fingerprint density at radius 3 is 2.24 bits per heavy atom. The van der Waals surface area contributed by atoms with E-state index in [0.717, 1.165) is 6.42 Å². The van der Waals surface area contributed by atoms with Crippen molar-refractivity contribution in [3.05, 3.63) is 35.9 Å². The molecule has 2 rings (SSSR count). The third kappa shape index (κ3) is 5.46. The average Bonchev–Trinajstić information content (AvgIpc) is 2.73. The van der Waals surface area contributed by atoms with Crippen molar-refractivity contribution in [3.8, 4) is 0 Å². The predicted molar refractivity (Wildman–Crippen MR) is 80.8 cm³/mol. The highest BCUT2D eigenvalue weighted by Gasteiger charge is 2.42. The molecule has 1 aromatic rings. The molecule has 0 bridgehead atoms. The minimum absolute atomic E-state index is 0.209. The molecule has 1 fully saturated rings. The SMILES string of the molecule is CCC(N)c1ccccc1.C[C@@H]1OC(C)(C)OC1C(=O)O. The van der Waals surface area contributed by atoms with Gasteiger partial charge in [-0.3, -0.25) is 0 Å². The van der Waals surface area contributed by atoms with Crippen molar-refractivity contribution in [1.29, 1.82) is 0 Å². The first-order valence-electron chi connectivity index (χ1n) is 7.15. The summed E-state index contributed by atoms with van der Waals surface area (Å²) in [5.41, 5.74) is 7.02. The minimum Gasteiger partial charge on any atom is -0.479 e. The zero-order valence-corrected chi connectivity index (χ0v) is 13.1. The second-order valence-corrected chi connectivity index (χ2v) is 5.52. The maximum atomic E-state index is 10.5. The fraction of sp³-hybridized carbons (Fsp3) is 0.562. The lowest BCUT2D eigenvalue weighted by molar-refractivity contribution is -0.165. The number of carboxylic acids is 1. The number of nitrogens with two attached hydrogens (primary N) is 1. The van der Waals surface area contributed by atoms with E-state index in [1.54, 1.807) is 20.8 Å². The molecule has 0 radical (unpaired) electrons. The van der Waals surface area contributed by atoms with Crippen molar-refractivity contribution < 1.29 is 19.4 Å². The quantitative estimate of drug-likeness (QED) is 0.896. The number of benzene rings is 1. The zero-order valence-electron chi connectivity index (χ0n) is 13.1. The third-order valence-corrected chi connectivity index (χ3v) is 3.22. The highest BCUT2D eigenvalue weighted by molar-refractivity contribution is 5.73. The van der Waals surface area contributed by atoms with Crippen LogP contribution in [-0.4, -0.2) is 29.1 Å². The summed E-state index contributed by atoms with van der Waals surface area (Å²) < 4.78 is 10.3. The molecule has 1 aliphatic heterocycles. The number of aliphatic carboxylic acids is 1. The normalized spacial score (nSPS) is 24.8. The second kappa shape index (κ2) is 7.54. The molecule has 3 N–H and O–H groups in total. The molecule has 1 aliphatic rings. The predicted octanol–water partition coefficient (Wildman–Crippen LogP) is 2.71. The van der Waals surface area contributed by atoms with Gasteiger partial charge in [0.05, 0.1) is 6.10 Å². The number of hydrogen-bond donors (Lipinski definition) is 2. The third-order valence-electron chi connectivity index (χ3n) is 3.22. The molecule has 1 heterocycles. The maximum absolute atomic E-state index is 10.5. The van der Waals surface area contributed by atoms with Crippen molar-refractivity contribution in [2.75, 3.05) is 0 Å². The van der Waals surface area contributed by atoms with Crippen LogP contribution in [0.25, 0.3) is 0 Å². The van der Waals surface area contributed by atoms with Gasteiger partial charge in [0.15, 0.2) is 11.9 Å². The Kier molecular flexibility index (Phi) is 6.33. The molecule has 0 aromatic heterocycles. The first-order chi connectivity index (χ1) is 9.76. The Bertz CT molecular complexity index is 447. The van der Waals surface area contributed by atoms with Gasteiger partial charge < -0.3 is 20.3 Å². The number of rotatable bonds is 3. The highest BCUT2D eigenvalue weighted by atomic mass is 16.8. The fourth-order valence-corrected chi connectivity index (χ4v) is 2.13. The molecular weight excluding hydrogens is 270 g/mol. The van der Waals surface area contributed by atoms with E-state index in [0.29, 0.717) is 0 Å². The standard InChI is InChI=1S/C9H13N.C7H12O4/c1-2-9(10)8-6-4-3-5-7-8;1-4-5(6(8)9)11-7(2,3)10-4/h3-7,9H,2,10H2,1H3;4-5H,1-3H3,(H,8,9)/t;4-,5?/m.0/s1. The lowest BCUT2D eigenvalue weighted by Crippen LogP contribution is -2.29. The van der Waals surface area contributed by atoms with Crippen molar-refractivity contribution >= 4 is 5.97 Å². The zero-order chi connectivity index (χ0) is 16.0. The van der Waals surface area contributed by atoms with Crippen molar-refractivity contribution in [2.24, 2.45) is 5.73 Å². The van der Waals surface area contributed by atoms with Gasteiger partial charge in [-0.1, -0.05) is 37.3 Å². The van der Waals surface area contributed by atoms with Gasteiger partial charge in [0.2, 0.25) is 0 Å². The van der Waals surface area contributed by atoms with Crippen LogP contribution in [0.5, 0.6) is 0 Å². The monoisotopic (exact) mass is 295 g/mol. The Morgan fingerprint density at radius 2 is 1.90 bits per heavy atom. The molecule has 0 aliphatic carbocycles. The molecule has 118 valence electrons. The number of ether oxygens (including phenoxy) is 2. The van der Waals surface area contributed by atoms with Gasteiger partial charge in [-0.2, -0.15) is 0 Å². The lowest BCUT2D eigenvalue weighted by atomic mass is 10.1. The molecule has 5 nitrogen and oxygen atoms in total. The smallest absolute Gasteiger partial charge is 0.335 e. The molecule has 1 aromatic carbocycles. The van der Waals surface area contributed by atoms with Gasteiger partial charge in [0, 0.05) is 6.04 Å². The summed E-state index contributed by atoms with van der Waals surface area (Å²) in [5.74, 6) is -1.73. The van der Waals surface area contributed by atoms with E-state index in [4.69, 9.17) is 20.3 Å². The molecule has 0 amide bonds. The Balaban J connectivity index is 0.000000211. The Morgan fingerprint density at radius 1 is 1.33 bits per heavy atom. The first kappa shape index (κ1) is 17.6. The van der Waals surface area contributed by atoms with Crippen LogP contribution < -0.4 is 5.73 Å². The molecule has 0 saturated carbocycles. The number of hydrogen-bond acceptors (Lipinski definition) is 4. The number of carboxylic acid groups (broad SMARTS) is 1. The van der Waals surface area contributed by atoms with Gasteiger partial charge >= 0.3 is 5.97 Å². The lowest BCUT2D eigenvalue weighted by Gasteiger charge is -2.15. The summed E-state index contributed by atoms with van der Waals surface area (Å²) >= 11 is 0.